The van der Waals surface area contributed by atoms with E-state index in [-0.39, 0.29) is 24.7 Å². The van der Waals surface area contributed by atoms with Crippen LogP contribution in [0.4, 0.5) is 8.78 Å². The molecule has 0 N–H and O–H groups in total. The molecule has 0 aliphatic rings. The summed E-state index contributed by atoms with van der Waals surface area (Å²) in [7, 11) is 1.33. The molecule has 1 rings (SSSR count). The molecular weight excluding hydrogens is 310 g/mol. The number of halogens is 2. The molecule has 0 radical (unpaired) electrons. The lowest BCUT2D eigenvalue weighted by Crippen LogP contribution is -2.17. The molecular formula is C15H16F2N2O4. The Morgan fingerprint density at radius 1 is 1.43 bits per heavy atom. The van der Waals surface area contributed by atoms with Crippen molar-refractivity contribution in [3.63, 3.8) is 0 Å². The van der Waals surface area contributed by atoms with Gasteiger partial charge in [0.05, 0.1) is 26.3 Å². The number of carbonyl (C=O) groups is 1. The number of aliphatic imine (C=N–C) groups is 1. The van der Waals surface area contributed by atoms with Gasteiger partial charge >= 0.3 is 12.6 Å². The number of alkyl halides is 2. The van der Waals surface area contributed by atoms with Crippen LogP contribution in [0.25, 0.3) is 0 Å². The molecule has 0 saturated heterocycles. The number of carbonyl (C=O) groups excluding carboxylic acids is 1. The van der Waals surface area contributed by atoms with Gasteiger partial charge in [-0.05, 0) is 24.6 Å². The van der Waals surface area contributed by atoms with E-state index in [1.807, 2.05) is 0 Å². The molecule has 124 valence electrons. The highest BCUT2D eigenvalue weighted by molar-refractivity contribution is 5.92. The van der Waals surface area contributed by atoms with Gasteiger partial charge in [-0.15, -0.1) is 0 Å². The molecule has 1 aromatic carbocycles. The molecule has 0 bridgehead atoms. The highest BCUT2D eigenvalue weighted by Crippen LogP contribution is 2.29. The SMILES string of the molecule is CCOC(=O)[C@H](C#N)C=NCc1ccc(OC(F)F)c(OC)c1. The lowest BCUT2D eigenvalue weighted by atomic mass is 10.2. The van der Waals surface area contributed by atoms with Crippen molar-refractivity contribution in [3.8, 4) is 17.6 Å². The highest BCUT2D eigenvalue weighted by atomic mass is 19.3. The van der Waals surface area contributed by atoms with Crippen LogP contribution >= 0.6 is 0 Å². The van der Waals surface area contributed by atoms with Crippen molar-refractivity contribution in [1.82, 2.24) is 0 Å². The first-order chi connectivity index (χ1) is 11.0. The zero-order chi connectivity index (χ0) is 17.2. The third-order valence-corrected chi connectivity index (χ3v) is 2.65. The van der Waals surface area contributed by atoms with Crippen LogP contribution in [0.1, 0.15) is 12.5 Å². The lowest BCUT2D eigenvalue weighted by Gasteiger charge is -2.10. The maximum Gasteiger partial charge on any atom is 0.387 e. The Morgan fingerprint density at radius 2 is 2.17 bits per heavy atom. The largest absolute Gasteiger partial charge is 0.493 e. The van der Waals surface area contributed by atoms with Crippen LogP contribution in [-0.2, 0) is 16.1 Å². The van der Waals surface area contributed by atoms with Crippen LogP contribution < -0.4 is 9.47 Å². The second-order valence-corrected chi connectivity index (χ2v) is 4.21. The molecule has 8 heteroatoms. The van der Waals surface area contributed by atoms with Gasteiger partial charge in [0, 0.05) is 6.21 Å². The Bertz CT molecular complexity index is 600. The van der Waals surface area contributed by atoms with Gasteiger partial charge in [-0.2, -0.15) is 14.0 Å². The van der Waals surface area contributed by atoms with Gasteiger partial charge in [0.2, 0.25) is 0 Å². The molecule has 1 aromatic rings. The van der Waals surface area contributed by atoms with E-state index >= 15 is 0 Å². The Hall–Kier alpha value is -2.69. The average molecular weight is 326 g/mol. The van der Waals surface area contributed by atoms with Crippen LogP contribution in [-0.4, -0.2) is 32.5 Å². The van der Waals surface area contributed by atoms with Crippen molar-refractivity contribution in [2.24, 2.45) is 10.9 Å². The zero-order valence-electron chi connectivity index (χ0n) is 12.7. The summed E-state index contributed by atoms with van der Waals surface area (Å²) >= 11 is 0. The lowest BCUT2D eigenvalue weighted by molar-refractivity contribution is -0.143. The Kier molecular flexibility index (Phi) is 7.47. The second kappa shape index (κ2) is 9.35. The molecule has 0 aromatic heterocycles. The summed E-state index contributed by atoms with van der Waals surface area (Å²) in [5, 5.41) is 8.87. The van der Waals surface area contributed by atoms with E-state index < -0.39 is 18.5 Å². The summed E-state index contributed by atoms with van der Waals surface area (Å²) in [6.45, 7) is -0.997. The summed E-state index contributed by atoms with van der Waals surface area (Å²) in [6.07, 6.45) is 1.19. The fraction of sp³-hybridized carbons (Fsp3) is 0.400. The predicted octanol–water partition coefficient (Wildman–Crippen LogP) is 2.57. The van der Waals surface area contributed by atoms with Gasteiger partial charge in [0.1, 0.15) is 0 Å². The minimum absolute atomic E-state index is 0.0864. The number of ether oxygens (including phenoxy) is 3. The van der Waals surface area contributed by atoms with Crippen molar-refractivity contribution in [3.05, 3.63) is 23.8 Å². The van der Waals surface area contributed by atoms with Crippen LogP contribution in [0.5, 0.6) is 11.5 Å². The second-order valence-electron chi connectivity index (χ2n) is 4.21. The number of benzene rings is 1. The predicted molar refractivity (Wildman–Crippen MR) is 77.6 cm³/mol. The van der Waals surface area contributed by atoms with Crippen LogP contribution in [0, 0.1) is 17.2 Å². The fourth-order valence-electron chi connectivity index (χ4n) is 1.65. The van der Waals surface area contributed by atoms with Crippen LogP contribution in [0.2, 0.25) is 0 Å². The van der Waals surface area contributed by atoms with E-state index in [2.05, 4.69) is 9.73 Å². The third kappa shape index (κ3) is 5.90. The zero-order valence-corrected chi connectivity index (χ0v) is 12.7. The van der Waals surface area contributed by atoms with Crippen molar-refractivity contribution >= 4 is 12.2 Å². The molecule has 0 spiro atoms. The molecule has 6 nitrogen and oxygen atoms in total. The summed E-state index contributed by atoms with van der Waals surface area (Å²) in [4.78, 5) is 15.4. The van der Waals surface area contributed by atoms with Gasteiger partial charge < -0.3 is 14.2 Å². The monoisotopic (exact) mass is 326 g/mol. The van der Waals surface area contributed by atoms with Crippen LogP contribution in [0.3, 0.4) is 0 Å². The normalized spacial score (nSPS) is 12.0. The Labute approximate surface area is 132 Å². The van der Waals surface area contributed by atoms with Gasteiger partial charge in [0.15, 0.2) is 17.4 Å². The van der Waals surface area contributed by atoms with E-state index in [4.69, 9.17) is 14.7 Å². The highest BCUT2D eigenvalue weighted by Gasteiger charge is 2.16. The third-order valence-electron chi connectivity index (χ3n) is 2.65. The van der Waals surface area contributed by atoms with Gasteiger partial charge in [-0.25, -0.2) is 0 Å². The summed E-state index contributed by atoms with van der Waals surface area (Å²) in [5.74, 6) is -1.70. The van der Waals surface area contributed by atoms with Crippen molar-refractivity contribution in [2.45, 2.75) is 20.1 Å². The van der Waals surface area contributed by atoms with E-state index in [0.29, 0.717) is 5.56 Å². The van der Waals surface area contributed by atoms with Crippen molar-refractivity contribution in [1.29, 1.82) is 5.26 Å². The van der Waals surface area contributed by atoms with E-state index in [1.54, 1.807) is 13.0 Å². The standard InChI is InChI=1S/C15H16F2N2O4/c1-3-22-14(20)11(7-18)9-19-8-10-4-5-12(23-15(16)17)13(6-10)21-2/h4-6,9,11,15H,3,8H2,1-2H3/t11-/m1/s1. The molecule has 0 heterocycles. The Morgan fingerprint density at radius 3 is 2.74 bits per heavy atom. The summed E-state index contributed by atoms with van der Waals surface area (Å²) in [6, 6.07) is 6.13. The fourth-order valence-corrected chi connectivity index (χ4v) is 1.65. The molecule has 0 amide bonds. The van der Waals surface area contributed by atoms with E-state index in [9.17, 15) is 13.6 Å². The first kappa shape index (κ1) is 18.4. The molecule has 0 aliphatic heterocycles. The number of rotatable bonds is 8. The van der Waals surface area contributed by atoms with Gasteiger partial charge in [0.25, 0.3) is 0 Å². The number of methoxy groups -OCH3 is 1. The number of nitriles is 1. The Balaban J connectivity index is 2.76. The van der Waals surface area contributed by atoms with E-state index in [0.717, 1.165) is 0 Å². The van der Waals surface area contributed by atoms with Gasteiger partial charge in [-0.1, -0.05) is 6.07 Å². The molecule has 0 saturated carbocycles. The molecule has 0 aliphatic carbocycles. The number of hydrogen-bond donors (Lipinski definition) is 0. The van der Waals surface area contributed by atoms with Crippen LogP contribution in [0.15, 0.2) is 23.2 Å². The topological polar surface area (TPSA) is 80.9 Å². The molecule has 1 atom stereocenters. The van der Waals surface area contributed by atoms with E-state index in [1.165, 1.54) is 31.5 Å². The molecule has 23 heavy (non-hydrogen) atoms. The quantitative estimate of drug-likeness (QED) is 0.542. The number of esters is 1. The first-order valence-electron chi connectivity index (χ1n) is 6.69. The summed E-state index contributed by atoms with van der Waals surface area (Å²) in [5.41, 5.74) is 0.639. The van der Waals surface area contributed by atoms with Crippen molar-refractivity contribution in [2.75, 3.05) is 13.7 Å². The average Bonchev–Trinajstić information content (AvgIpc) is 2.52. The maximum absolute atomic E-state index is 12.2. The first-order valence-corrected chi connectivity index (χ1v) is 6.69. The van der Waals surface area contributed by atoms with Crippen molar-refractivity contribution < 1.29 is 27.8 Å². The minimum atomic E-state index is -2.95. The maximum atomic E-state index is 12.2. The molecule has 0 unspecified atom stereocenters. The number of nitrogens with zero attached hydrogens (tertiary/aromatic N) is 2. The molecule has 0 fully saturated rings. The smallest absolute Gasteiger partial charge is 0.387 e. The van der Waals surface area contributed by atoms with Gasteiger partial charge in [-0.3, -0.25) is 9.79 Å². The minimum Gasteiger partial charge on any atom is -0.493 e. The summed E-state index contributed by atoms with van der Waals surface area (Å²) < 4.78 is 38.5. The number of hydrogen-bond acceptors (Lipinski definition) is 6.